The molecule has 2 atom stereocenters. The molecule has 1 aliphatic carbocycles. The van der Waals surface area contributed by atoms with Crippen LogP contribution >= 0.6 is 0 Å². The number of nitrogens with one attached hydrogen (secondary N) is 3. The lowest BCUT2D eigenvalue weighted by atomic mass is 9.79. The van der Waals surface area contributed by atoms with Crippen LogP contribution in [-0.2, 0) is 31.9 Å². The fraction of sp³-hybridized carbons (Fsp3) is 0.667. The van der Waals surface area contributed by atoms with Crippen molar-refractivity contribution >= 4 is 23.8 Å². The first kappa shape index (κ1) is 25.7. The van der Waals surface area contributed by atoms with E-state index in [1.165, 1.54) is 12.5 Å². The second-order valence-electron chi connectivity index (χ2n) is 9.19. The minimum absolute atomic E-state index is 0.127. The Kier molecular flexibility index (Phi) is 9.50. The molecular formula is C24H36N4O6. The van der Waals surface area contributed by atoms with Crippen LogP contribution < -0.4 is 16.0 Å². The van der Waals surface area contributed by atoms with Gasteiger partial charge in [0.2, 0.25) is 5.91 Å². The van der Waals surface area contributed by atoms with Crippen LogP contribution in [0.25, 0.3) is 0 Å². The fourth-order valence-electron chi connectivity index (χ4n) is 4.20. The zero-order chi connectivity index (χ0) is 24.5. The van der Waals surface area contributed by atoms with Crippen molar-refractivity contribution in [3.63, 3.8) is 0 Å². The molecule has 3 rings (SSSR count). The molecule has 0 aromatic carbocycles. The van der Waals surface area contributed by atoms with E-state index in [9.17, 15) is 19.5 Å². The molecule has 188 valence electrons. The predicted molar refractivity (Wildman–Crippen MR) is 126 cm³/mol. The summed E-state index contributed by atoms with van der Waals surface area (Å²) in [5, 5.41) is 17.6. The van der Waals surface area contributed by atoms with Crippen molar-refractivity contribution in [3.8, 4) is 0 Å². The molecule has 10 heteroatoms. The third-order valence-corrected chi connectivity index (χ3v) is 6.25. The summed E-state index contributed by atoms with van der Waals surface area (Å²) in [7, 11) is 0. The summed E-state index contributed by atoms with van der Waals surface area (Å²) in [4.78, 5) is 39.0. The van der Waals surface area contributed by atoms with Crippen molar-refractivity contribution in [3.05, 3.63) is 23.4 Å². The van der Waals surface area contributed by atoms with E-state index in [1.807, 2.05) is 0 Å². The van der Waals surface area contributed by atoms with E-state index in [2.05, 4.69) is 28.1 Å². The monoisotopic (exact) mass is 476 g/mol. The highest BCUT2D eigenvalue weighted by Gasteiger charge is 2.30. The third kappa shape index (κ3) is 8.16. The summed E-state index contributed by atoms with van der Waals surface area (Å²) in [5.41, 5.74) is 2.42. The summed E-state index contributed by atoms with van der Waals surface area (Å²) < 4.78 is 10.9. The number of carboxylic acid groups (broad SMARTS) is 1. The van der Waals surface area contributed by atoms with Crippen molar-refractivity contribution in [2.75, 3.05) is 25.0 Å². The van der Waals surface area contributed by atoms with Gasteiger partial charge >= 0.3 is 12.1 Å². The lowest BCUT2D eigenvalue weighted by Gasteiger charge is -2.35. The number of aliphatic carboxylic acids is 1. The molecule has 0 saturated heterocycles. The van der Waals surface area contributed by atoms with Gasteiger partial charge in [-0.1, -0.05) is 6.07 Å². The molecule has 4 N–H and O–H groups in total. The van der Waals surface area contributed by atoms with Gasteiger partial charge in [-0.25, -0.2) is 14.6 Å². The summed E-state index contributed by atoms with van der Waals surface area (Å²) in [6.07, 6.45) is 5.04. The standard InChI is InChI=1S/C24H36N4O6/c1-15(14-26-16(2)29)34-24(32)28-21(23(30)31)9-11-33-20-12-17(13-20)5-7-19-8-6-18-4-3-10-25-22(18)27-19/h6,8,15,17,20-21H,3-5,7,9-14H2,1-2H3,(H,25,27)(H,26,29)(H,28,32)(H,30,31)/t15-,17?,20?,21?/m1/s1. The zero-order valence-corrected chi connectivity index (χ0v) is 20.0. The maximum atomic E-state index is 11.9. The number of aromatic nitrogens is 1. The fourth-order valence-corrected chi connectivity index (χ4v) is 4.20. The van der Waals surface area contributed by atoms with Crippen molar-refractivity contribution in [1.29, 1.82) is 0 Å². The van der Waals surface area contributed by atoms with Gasteiger partial charge in [0, 0.05) is 32.2 Å². The Balaban J connectivity index is 1.29. The van der Waals surface area contributed by atoms with Gasteiger partial charge in [-0.05, 0) is 63.0 Å². The predicted octanol–water partition coefficient (Wildman–Crippen LogP) is 2.26. The molecule has 10 nitrogen and oxygen atoms in total. The lowest BCUT2D eigenvalue weighted by molar-refractivity contribution is -0.140. The van der Waals surface area contributed by atoms with Gasteiger partial charge in [0.1, 0.15) is 18.0 Å². The number of carboxylic acids is 1. The van der Waals surface area contributed by atoms with Crippen molar-refractivity contribution < 1.29 is 29.0 Å². The quantitative estimate of drug-likeness (QED) is 0.360. The molecule has 1 aromatic rings. The number of fused-ring (bicyclic) bond motifs is 1. The van der Waals surface area contributed by atoms with Crippen molar-refractivity contribution in [2.45, 2.75) is 77.0 Å². The molecule has 1 unspecified atom stereocenters. The van der Waals surface area contributed by atoms with Gasteiger partial charge in [-0.15, -0.1) is 0 Å². The zero-order valence-electron chi connectivity index (χ0n) is 20.0. The van der Waals surface area contributed by atoms with E-state index >= 15 is 0 Å². The molecule has 34 heavy (non-hydrogen) atoms. The number of alkyl carbamates (subject to hydrolysis) is 1. The van der Waals surface area contributed by atoms with Crippen LogP contribution in [0.5, 0.6) is 0 Å². The second-order valence-corrected chi connectivity index (χ2v) is 9.19. The average Bonchev–Trinajstić information content (AvgIpc) is 2.77. The Hall–Kier alpha value is -2.88. The maximum absolute atomic E-state index is 11.9. The Labute approximate surface area is 200 Å². The highest BCUT2D eigenvalue weighted by molar-refractivity contribution is 5.80. The van der Waals surface area contributed by atoms with Gasteiger partial charge < -0.3 is 30.5 Å². The number of pyridine rings is 1. The molecular weight excluding hydrogens is 440 g/mol. The Morgan fingerprint density at radius 1 is 1.29 bits per heavy atom. The van der Waals surface area contributed by atoms with E-state index < -0.39 is 24.2 Å². The van der Waals surface area contributed by atoms with Crippen LogP contribution in [0.15, 0.2) is 12.1 Å². The van der Waals surface area contributed by atoms with Crippen LogP contribution in [0.4, 0.5) is 10.6 Å². The molecule has 2 heterocycles. The number of hydrogen-bond donors (Lipinski definition) is 4. The van der Waals surface area contributed by atoms with Crippen LogP contribution in [0.2, 0.25) is 0 Å². The van der Waals surface area contributed by atoms with Crippen molar-refractivity contribution in [2.24, 2.45) is 5.92 Å². The Bertz CT molecular complexity index is 858. The molecule has 1 aliphatic heterocycles. The Morgan fingerprint density at radius 3 is 2.82 bits per heavy atom. The summed E-state index contributed by atoms with van der Waals surface area (Å²) in [6.45, 7) is 4.36. The number of ether oxygens (including phenoxy) is 2. The number of anilines is 1. The number of amides is 2. The highest BCUT2D eigenvalue weighted by Crippen LogP contribution is 2.34. The van der Waals surface area contributed by atoms with Gasteiger partial charge in [-0.3, -0.25) is 4.79 Å². The number of hydrogen-bond acceptors (Lipinski definition) is 7. The van der Waals surface area contributed by atoms with Crippen LogP contribution in [0, 0.1) is 5.92 Å². The largest absolute Gasteiger partial charge is 0.480 e. The molecule has 1 aromatic heterocycles. The van der Waals surface area contributed by atoms with E-state index in [1.54, 1.807) is 6.92 Å². The molecule has 0 spiro atoms. The SMILES string of the molecule is CC(=O)NC[C@@H](C)OC(=O)NC(CCOC1CC(CCc2ccc3c(n2)NCCC3)C1)C(=O)O. The van der Waals surface area contributed by atoms with E-state index in [0.717, 1.165) is 56.6 Å². The molecule has 2 aliphatic rings. The van der Waals surface area contributed by atoms with Crippen molar-refractivity contribution in [1.82, 2.24) is 15.6 Å². The maximum Gasteiger partial charge on any atom is 0.408 e. The minimum atomic E-state index is -1.14. The van der Waals surface area contributed by atoms with Crippen LogP contribution in [-0.4, -0.2) is 66.0 Å². The summed E-state index contributed by atoms with van der Waals surface area (Å²) in [6, 6.07) is 3.21. The number of nitrogens with zero attached hydrogens (tertiary/aromatic N) is 1. The van der Waals surface area contributed by atoms with E-state index in [0.29, 0.717) is 5.92 Å². The number of rotatable bonds is 12. The van der Waals surface area contributed by atoms with E-state index in [4.69, 9.17) is 14.5 Å². The smallest absolute Gasteiger partial charge is 0.408 e. The van der Waals surface area contributed by atoms with Crippen LogP contribution in [0.1, 0.15) is 57.2 Å². The molecule has 1 fully saturated rings. The first-order valence-electron chi connectivity index (χ1n) is 12.1. The number of carbonyl (C=O) groups excluding carboxylic acids is 2. The average molecular weight is 477 g/mol. The minimum Gasteiger partial charge on any atom is -0.480 e. The molecule has 2 amide bonds. The molecule has 0 bridgehead atoms. The Morgan fingerprint density at radius 2 is 2.09 bits per heavy atom. The lowest BCUT2D eigenvalue weighted by Crippen LogP contribution is -2.44. The normalized spacial score (nSPS) is 20.6. The molecule has 0 radical (unpaired) electrons. The van der Waals surface area contributed by atoms with Gasteiger partial charge in [0.05, 0.1) is 12.6 Å². The van der Waals surface area contributed by atoms with Gasteiger partial charge in [-0.2, -0.15) is 0 Å². The third-order valence-electron chi connectivity index (χ3n) is 6.25. The van der Waals surface area contributed by atoms with E-state index in [-0.39, 0.29) is 31.6 Å². The molecule has 1 saturated carbocycles. The second kappa shape index (κ2) is 12.5. The first-order chi connectivity index (χ1) is 16.3. The summed E-state index contributed by atoms with van der Waals surface area (Å²) >= 11 is 0. The summed E-state index contributed by atoms with van der Waals surface area (Å²) in [5.74, 6) is 0.242. The topological polar surface area (TPSA) is 139 Å². The number of carbonyl (C=O) groups is 3. The van der Waals surface area contributed by atoms with Crippen LogP contribution in [0.3, 0.4) is 0 Å². The number of aryl methyl sites for hydroxylation is 2. The van der Waals surface area contributed by atoms with Gasteiger partial charge in [0.15, 0.2) is 0 Å². The highest BCUT2D eigenvalue weighted by atomic mass is 16.6. The first-order valence-corrected chi connectivity index (χ1v) is 12.1. The van der Waals surface area contributed by atoms with Gasteiger partial charge in [0.25, 0.3) is 0 Å².